The summed E-state index contributed by atoms with van der Waals surface area (Å²) in [5, 5.41) is 0. The van der Waals surface area contributed by atoms with Gasteiger partial charge in [0, 0.05) is 13.0 Å². The summed E-state index contributed by atoms with van der Waals surface area (Å²) in [6.45, 7) is 5.25. The Bertz CT molecular complexity index is 169. The Morgan fingerprint density at radius 1 is 1.00 bits per heavy atom. The second-order valence-corrected chi connectivity index (χ2v) is 4.52. The van der Waals surface area contributed by atoms with E-state index in [9.17, 15) is 0 Å². The van der Waals surface area contributed by atoms with Gasteiger partial charge < -0.3 is 4.74 Å². The molecule has 0 rings (SSSR count). The summed E-state index contributed by atoms with van der Waals surface area (Å²) >= 11 is 0. The van der Waals surface area contributed by atoms with Crippen LogP contribution in [0.4, 0.5) is 0 Å². The summed E-state index contributed by atoms with van der Waals surface area (Å²) in [4.78, 5) is 0. The standard InChI is InChI=1S/C15H28O/c1-4-6-7-8-9-10-11-12-13-14-16-15(3)5-2/h1,15H,5-14H2,2-3H3. The first-order chi connectivity index (χ1) is 7.81. The molecule has 0 fully saturated rings. The molecule has 0 aliphatic rings. The Morgan fingerprint density at radius 2 is 1.56 bits per heavy atom. The molecule has 1 unspecified atom stereocenters. The second-order valence-electron chi connectivity index (χ2n) is 4.52. The van der Waals surface area contributed by atoms with Gasteiger partial charge in [0.2, 0.25) is 0 Å². The van der Waals surface area contributed by atoms with E-state index in [1.807, 2.05) is 0 Å². The molecule has 1 atom stereocenters. The first kappa shape index (κ1) is 15.5. The molecular weight excluding hydrogens is 196 g/mol. The fraction of sp³-hybridized carbons (Fsp3) is 0.867. The Hall–Kier alpha value is -0.480. The van der Waals surface area contributed by atoms with E-state index < -0.39 is 0 Å². The SMILES string of the molecule is C#CCCCCCCCCCOC(C)CC. The van der Waals surface area contributed by atoms with E-state index in [2.05, 4.69) is 19.8 Å². The molecule has 0 amide bonds. The normalized spacial score (nSPS) is 12.3. The molecule has 0 aromatic rings. The molecule has 94 valence electrons. The highest BCUT2D eigenvalue weighted by molar-refractivity contribution is 4.82. The van der Waals surface area contributed by atoms with Crippen molar-refractivity contribution in [1.29, 1.82) is 0 Å². The van der Waals surface area contributed by atoms with Crippen molar-refractivity contribution in [2.45, 2.75) is 77.7 Å². The van der Waals surface area contributed by atoms with Gasteiger partial charge in [0.15, 0.2) is 0 Å². The second kappa shape index (κ2) is 12.6. The van der Waals surface area contributed by atoms with Gasteiger partial charge in [0.05, 0.1) is 6.10 Å². The lowest BCUT2D eigenvalue weighted by molar-refractivity contribution is 0.0608. The monoisotopic (exact) mass is 224 g/mol. The van der Waals surface area contributed by atoms with Crippen molar-refractivity contribution in [2.75, 3.05) is 6.61 Å². The number of unbranched alkanes of at least 4 members (excludes halogenated alkanes) is 7. The van der Waals surface area contributed by atoms with Crippen LogP contribution in [0.5, 0.6) is 0 Å². The van der Waals surface area contributed by atoms with Crippen molar-refractivity contribution >= 4 is 0 Å². The van der Waals surface area contributed by atoms with Crippen LogP contribution >= 0.6 is 0 Å². The molecule has 1 heteroatoms. The minimum absolute atomic E-state index is 0.434. The minimum Gasteiger partial charge on any atom is -0.379 e. The summed E-state index contributed by atoms with van der Waals surface area (Å²) in [6, 6.07) is 0. The molecule has 0 aromatic heterocycles. The van der Waals surface area contributed by atoms with Crippen LogP contribution in [0.2, 0.25) is 0 Å². The highest BCUT2D eigenvalue weighted by Gasteiger charge is 1.97. The van der Waals surface area contributed by atoms with Gasteiger partial charge in [-0.25, -0.2) is 0 Å². The largest absolute Gasteiger partial charge is 0.379 e. The zero-order chi connectivity index (χ0) is 12.1. The Kier molecular flexibility index (Phi) is 12.2. The van der Waals surface area contributed by atoms with Crippen molar-refractivity contribution in [1.82, 2.24) is 0 Å². The molecule has 1 nitrogen and oxygen atoms in total. The summed E-state index contributed by atoms with van der Waals surface area (Å²) < 4.78 is 5.63. The van der Waals surface area contributed by atoms with Gasteiger partial charge in [-0.05, 0) is 26.2 Å². The van der Waals surface area contributed by atoms with E-state index in [0.29, 0.717) is 6.10 Å². The molecule has 0 saturated carbocycles. The molecule has 16 heavy (non-hydrogen) atoms. The van der Waals surface area contributed by atoms with Crippen molar-refractivity contribution in [3.63, 3.8) is 0 Å². The number of hydrogen-bond donors (Lipinski definition) is 0. The zero-order valence-corrected chi connectivity index (χ0v) is 11.1. The first-order valence-electron chi connectivity index (χ1n) is 6.86. The average Bonchev–Trinajstić information content (AvgIpc) is 2.31. The lowest BCUT2D eigenvalue weighted by Crippen LogP contribution is -2.07. The van der Waals surface area contributed by atoms with Crippen molar-refractivity contribution < 1.29 is 4.74 Å². The van der Waals surface area contributed by atoms with E-state index in [0.717, 1.165) is 19.4 Å². The van der Waals surface area contributed by atoms with Crippen LogP contribution in [0.3, 0.4) is 0 Å². The molecule has 0 saturated heterocycles. The molecule has 0 radical (unpaired) electrons. The minimum atomic E-state index is 0.434. The molecule has 0 aliphatic carbocycles. The molecule has 0 aliphatic heterocycles. The van der Waals surface area contributed by atoms with Crippen molar-refractivity contribution in [2.24, 2.45) is 0 Å². The fourth-order valence-electron chi connectivity index (χ4n) is 1.62. The van der Waals surface area contributed by atoms with Crippen molar-refractivity contribution in [3.8, 4) is 12.3 Å². The van der Waals surface area contributed by atoms with Gasteiger partial charge >= 0.3 is 0 Å². The highest BCUT2D eigenvalue weighted by Crippen LogP contribution is 2.08. The predicted molar refractivity (Wildman–Crippen MR) is 71.5 cm³/mol. The quantitative estimate of drug-likeness (QED) is 0.369. The van der Waals surface area contributed by atoms with Gasteiger partial charge in [-0.3, -0.25) is 0 Å². The third-order valence-electron chi connectivity index (χ3n) is 2.94. The number of rotatable bonds is 11. The molecular formula is C15H28O. The maximum absolute atomic E-state index is 5.63. The highest BCUT2D eigenvalue weighted by atomic mass is 16.5. The van der Waals surface area contributed by atoms with Crippen LogP contribution in [-0.4, -0.2) is 12.7 Å². The first-order valence-corrected chi connectivity index (χ1v) is 6.86. The summed E-state index contributed by atoms with van der Waals surface area (Å²) in [5.41, 5.74) is 0. The lowest BCUT2D eigenvalue weighted by atomic mass is 10.1. The fourth-order valence-corrected chi connectivity index (χ4v) is 1.62. The van der Waals surface area contributed by atoms with Gasteiger partial charge in [-0.15, -0.1) is 12.3 Å². The van der Waals surface area contributed by atoms with E-state index >= 15 is 0 Å². The van der Waals surface area contributed by atoms with E-state index in [-0.39, 0.29) is 0 Å². The van der Waals surface area contributed by atoms with Crippen LogP contribution < -0.4 is 0 Å². The van der Waals surface area contributed by atoms with Gasteiger partial charge in [-0.1, -0.05) is 39.0 Å². The smallest absolute Gasteiger partial charge is 0.0544 e. The number of hydrogen-bond acceptors (Lipinski definition) is 1. The maximum atomic E-state index is 5.63. The number of terminal acetylenes is 1. The third kappa shape index (κ3) is 11.6. The molecule has 0 aromatic carbocycles. The van der Waals surface area contributed by atoms with Crippen LogP contribution in [0.1, 0.15) is 71.6 Å². The Labute approximate surface area is 102 Å². The summed E-state index contributed by atoms with van der Waals surface area (Å²) in [5.74, 6) is 2.69. The van der Waals surface area contributed by atoms with E-state index in [4.69, 9.17) is 11.2 Å². The lowest BCUT2D eigenvalue weighted by Gasteiger charge is -2.09. The van der Waals surface area contributed by atoms with E-state index in [1.54, 1.807) is 0 Å². The number of ether oxygens (including phenoxy) is 1. The molecule has 0 bridgehead atoms. The third-order valence-corrected chi connectivity index (χ3v) is 2.94. The van der Waals surface area contributed by atoms with E-state index in [1.165, 1.54) is 44.9 Å². The predicted octanol–water partition coefficient (Wildman–Crippen LogP) is 4.56. The summed E-state index contributed by atoms with van der Waals surface area (Å²) in [6.07, 6.45) is 16.8. The van der Waals surface area contributed by atoms with Crippen LogP contribution in [0, 0.1) is 12.3 Å². The van der Waals surface area contributed by atoms with Crippen LogP contribution in [0.25, 0.3) is 0 Å². The Morgan fingerprint density at radius 3 is 2.12 bits per heavy atom. The topological polar surface area (TPSA) is 9.23 Å². The molecule has 0 N–H and O–H groups in total. The molecule has 0 spiro atoms. The van der Waals surface area contributed by atoms with Crippen molar-refractivity contribution in [3.05, 3.63) is 0 Å². The Balaban J connectivity index is 2.96. The van der Waals surface area contributed by atoms with Crippen LogP contribution in [0.15, 0.2) is 0 Å². The van der Waals surface area contributed by atoms with Crippen LogP contribution in [-0.2, 0) is 4.74 Å². The van der Waals surface area contributed by atoms with Gasteiger partial charge in [0.25, 0.3) is 0 Å². The maximum Gasteiger partial charge on any atom is 0.0544 e. The zero-order valence-electron chi connectivity index (χ0n) is 11.1. The average molecular weight is 224 g/mol. The summed E-state index contributed by atoms with van der Waals surface area (Å²) in [7, 11) is 0. The molecule has 0 heterocycles. The van der Waals surface area contributed by atoms with Gasteiger partial charge in [0.1, 0.15) is 0 Å². The van der Waals surface area contributed by atoms with Gasteiger partial charge in [-0.2, -0.15) is 0 Å².